The van der Waals surface area contributed by atoms with Crippen LogP contribution in [0.5, 0.6) is 0 Å². The van der Waals surface area contributed by atoms with Gasteiger partial charge in [-0.05, 0) is 11.6 Å². The first-order valence-electron chi connectivity index (χ1n) is 4.30. The molecule has 0 spiro atoms. The lowest BCUT2D eigenvalue weighted by molar-refractivity contribution is -0.757. The van der Waals surface area contributed by atoms with Gasteiger partial charge in [-0.2, -0.15) is 0 Å². The van der Waals surface area contributed by atoms with Crippen molar-refractivity contribution in [1.29, 1.82) is 0 Å². The Labute approximate surface area is 86.1 Å². The van der Waals surface area contributed by atoms with Crippen LogP contribution < -0.4 is 5.48 Å². The molecule has 1 N–H and O–H groups in total. The number of hydrogen-bond acceptors (Lipinski definition) is 6. The van der Waals surface area contributed by atoms with Crippen molar-refractivity contribution in [3.8, 4) is 0 Å². The molecular formula is C8H11N3O4. The average molecular weight is 213 g/mol. The van der Waals surface area contributed by atoms with Crippen molar-refractivity contribution in [2.24, 2.45) is 0 Å². The lowest BCUT2D eigenvalue weighted by Gasteiger charge is -2.04. The summed E-state index contributed by atoms with van der Waals surface area (Å²) in [6.45, 7) is 0.563. The first-order valence-corrected chi connectivity index (χ1v) is 4.30. The van der Waals surface area contributed by atoms with E-state index in [0.717, 1.165) is 5.56 Å². The minimum Gasteiger partial charge on any atom is -0.312 e. The van der Waals surface area contributed by atoms with Gasteiger partial charge in [0.05, 0.1) is 6.61 Å². The van der Waals surface area contributed by atoms with Crippen LogP contribution in [-0.2, 0) is 16.3 Å². The topological polar surface area (TPSA) is 86.5 Å². The van der Waals surface area contributed by atoms with Gasteiger partial charge in [-0.1, -0.05) is 6.07 Å². The van der Waals surface area contributed by atoms with Gasteiger partial charge in [-0.3, -0.25) is 9.82 Å². The molecule has 0 fully saturated rings. The molecule has 1 aromatic rings. The molecule has 1 heterocycles. The second kappa shape index (κ2) is 6.68. The minimum atomic E-state index is -0.844. The van der Waals surface area contributed by atoms with Gasteiger partial charge in [0.2, 0.25) is 0 Å². The zero-order valence-electron chi connectivity index (χ0n) is 7.96. The Kier molecular flexibility index (Phi) is 5.06. The summed E-state index contributed by atoms with van der Waals surface area (Å²) in [7, 11) is 0. The van der Waals surface area contributed by atoms with Crippen molar-refractivity contribution in [2.75, 3.05) is 13.2 Å². The van der Waals surface area contributed by atoms with Gasteiger partial charge in [0.25, 0.3) is 5.09 Å². The lowest BCUT2D eigenvalue weighted by atomic mass is 10.3. The second-order valence-corrected chi connectivity index (χ2v) is 2.60. The van der Waals surface area contributed by atoms with Crippen molar-refractivity contribution in [3.05, 3.63) is 40.2 Å². The van der Waals surface area contributed by atoms with Crippen molar-refractivity contribution in [3.63, 3.8) is 0 Å². The maximum atomic E-state index is 9.76. The van der Waals surface area contributed by atoms with Gasteiger partial charge >= 0.3 is 0 Å². The Hall–Kier alpha value is -1.73. The molecule has 1 aromatic heterocycles. The molecule has 0 radical (unpaired) electrons. The van der Waals surface area contributed by atoms with E-state index in [9.17, 15) is 10.1 Å². The highest BCUT2D eigenvalue weighted by atomic mass is 16.9. The van der Waals surface area contributed by atoms with E-state index < -0.39 is 5.09 Å². The summed E-state index contributed by atoms with van der Waals surface area (Å²) in [6, 6.07) is 3.66. The van der Waals surface area contributed by atoms with Gasteiger partial charge < -0.3 is 4.84 Å². The smallest absolute Gasteiger partial charge is 0.294 e. The predicted octanol–water partition coefficient (Wildman–Crippen LogP) is 0.311. The summed E-state index contributed by atoms with van der Waals surface area (Å²) in [4.78, 5) is 22.7. The van der Waals surface area contributed by atoms with Crippen LogP contribution >= 0.6 is 0 Å². The van der Waals surface area contributed by atoms with E-state index >= 15 is 0 Å². The number of rotatable bonds is 7. The number of nitrogens with one attached hydrogen (secondary N) is 1. The molecule has 0 aliphatic rings. The number of nitrogens with zero attached hydrogens (tertiary/aromatic N) is 2. The third-order valence-electron chi connectivity index (χ3n) is 1.46. The number of pyridine rings is 1. The average Bonchev–Trinajstić information content (AvgIpc) is 2.24. The fourth-order valence-corrected chi connectivity index (χ4v) is 0.852. The second-order valence-electron chi connectivity index (χ2n) is 2.60. The summed E-state index contributed by atoms with van der Waals surface area (Å²) in [6.07, 6.45) is 3.34. The molecule has 0 saturated carbocycles. The quantitative estimate of drug-likeness (QED) is 0.398. The first kappa shape index (κ1) is 11.3. The number of aromatic nitrogens is 1. The third-order valence-corrected chi connectivity index (χ3v) is 1.46. The van der Waals surface area contributed by atoms with Crippen LogP contribution in [0, 0.1) is 10.1 Å². The summed E-state index contributed by atoms with van der Waals surface area (Å²) < 4.78 is 0. The van der Waals surface area contributed by atoms with E-state index in [1.54, 1.807) is 18.5 Å². The molecule has 0 atom stereocenters. The summed E-state index contributed by atoms with van der Waals surface area (Å²) in [5, 5.41) is 8.92. The van der Waals surface area contributed by atoms with Crippen LogP contribution in [0.25, 0.3) is 0 Å². The van der Waals surface area contributed by atoms with E-state index in [-0.39, 0.29) is 13.2 Å². The largest absolute Gasteiger partial charge is 0.312 e. The highest BCUT2D eigenvalue weighted by Crippen LogP contribution is 1.95. The molecule has 0 bridgehead atoms. The van der Waals surface area contributed by atoms with Gasteiger partial charge in [-0.15, -0.1) is 10.1 Å². The van der Waals surface area contributed by atoms with E-state index in [2.05, 4.69) is 15.3 Å². The molecule has 0 aromatic carbocycles. The van der Waals surface area contributed by atoms with Crippen molar-refractivity contribution >= 4 is 0 Å². The van der Waals surface area contributed by atoms with Crippen LogP contribution in [0.2, 0.25) is 0 Å². The van der Waals surface area contributed by atoms with E-state index in [4.69, 9.17) is 4.84 Å². The van der Waals surface area contributed by atoms with Crippen molar-refractivity contribution in [1.82, 2.24) is 10.5 Å². The molecule has 0 unspecified atom stereocenters. The lowest BCUT2D eigenvalue weighted by Crippen LogP contribution is -2.21. The Balaban J connectivity index is 2.00. The van der Waals surface area contributed by atoms with Gasteiger partial charge in [0, 0.05) is 18.9 Å². The normalized spacial score (nSPS) is 9.87. The zero-order valence-corrected chi connectivity index (χ0v) is 7.96. The van der Waals surface area contributed by atoms with Crippen LogP contribution in [0.4, 0.5) is 0 Å². The van der Waals surface area contributed by atoms with Gasteiger partial charge in [0.15, 0.2) is 0 Å². The highest BCUT2D eigenvalue weighted by molar-refractivity contribution is 5.06. The summed E-state index contributed by atoms with van der Waals surface area (Å²) in [5.41, 5.74) is 3.45. The Morgan fingerprint density at radius 3 is 3.13 bits per heavy atom. The molecule has 0 aliphatic heterocycles. The third kappa shape index (κ3) is 5.55. The molecule has 1 rings (SSSR count). The molecule has 7 nitrogen and oxygen atoms in total. The fraction of sp³-hybridized carbons (Fsp3) is 0.375. The SMILES string of the molecule is O=[N+]([O-])OCCNOCc1cccnc1. The Morgan fingerprint density at radius 1 is 1.60 bits per heavy atom. The summed E-state index contributed by atoms with van der Waals surface area (Å²) in [5.74, 6) is 0. The van der Waals surface area contributed by atoms with Crippen LogP contribution in [0.1, 0.15) is 5.56 Å². The molecular weight excluding hydrogens is 202 g/mol. The van der Waals surface area contributed by atoms with Crippen LogP contribution in [0.3, 0.4) is 0 Å². The van der Waals surface area contributed by atoms with E-state index in [1.165, 1.54) is 0 Å². The van der Waals surface area contributed by atoms with Gasteiger partial charge in [0.1, 0.15) is 6.61 Å². The maximum Gasteiger partial charge on any atom is 0.294 e. The zero-order chi connectivity index (χ0) is 10.9. The molecule has 0 aliphatic carbocycles. The predicted molar refractivity (Wildman–Crippen MR) is 50.0 cm³/mol. The molecule has 0 amide bonds. The van der Waals surface area contributed by atoms with Gasteiger partial charge in [-0.25, -0.2) is 5.48 Å². The Morgan fingerprint density at radius 2 is 2.47 bits per heavy atom. The van der Waals surface area contributed by atoms with E-state index in [1.807, 2.05) is 6.07 Å². The number of hydrogen-bond donors (Lipinski definition) is 1. The minimum absolute atomic E-state index is 0.0416. The highest BCUT2D eigenvalue weighted by Gasteiger charge is 1.94. The fourth-order valence-electron chi connectivity index (χ4n) is 0.852. The monoisotopic (exact) mass is 213 g/mol. The van der Waals surface area contributed by atoms with Crippen molar-refractivity contribution < 1.29 is 14.8 Å². The Bertz CT molecular complexity index is 293. The first-order chi connectivity index (χ1) is 7.29. The maximum absolute atomic E-state index is 9.76. The molecule has 7 heteroatoms. The number of hydroxylamine groups is 1. The van der Waals surface area contributed by atoms with E-state index in [0.29, 0.717) is 6.61 Å². The molecule has 15 heavy (non-hydrogen) atoms. The molecule has 82 valence electrons. The standard InChI is InChI=1S/C8H11N3O4/c12-11(13)15-5-4-10-14-7-8-2-1-3-9-6-8/h1-3,6,10H,4-5,7H2. The van der Waals surface area contributed by atoms with Crippen LogP contribution in [0.15, 0.2) is 24.5 Å². The summed E-state index contributed by atoms with van der Waals surface area (Å²) >= 11 is 0. The molecule has 0 saturated heterocycles. The van der Waals surface area contributed by atoms with Crippen molar-refractivity contribution in [2.45, 2.75) is 6.61 Å². The van der Waals surface area contributed by atoms with Crippen LogP contribution in [-0.4, -0.2) is 23.2 Å².